The minimum Gasteiger partial charge on any atom is -0.389 e. The molecule has 0 spiro atoms. The van der Waals surface area contributed by atoms with E-state index in [0.29, 0.717) is 12.8 Å². The van der Waals surface area contributed by atoms with Gasteiger partial charge in [0.15, 0.2) is 0 Å². The Morgan fingerprint density at radius 2 is 2.00 bits per heavy atom. The van der Waals surface area contributed by atoms with Crippen molar-refractivity contribution in [3.05, 3.63) is 0 Å². The first-order valence-corrected chi connectivity index (χ1v) is 5.91. The maximum atomic E-state index is 12.3. The highest BCUT2D eigenvalue weighted by Gasteiger charge is 2.49. The summed E-state index contributed by atoms with van der Waals surface area (Å²) in [6.07, 6.45) is -1.35. The number of likely N-dealkylation sites (tertiary alicyclic amines) is 1. The molecule has 0 aromatic carbocycles. The van der Waals surface area contributed by atoms with Gasteiger partial charge in [0.2, 0.25) is 0 Å². The monoisotopic (exact) mass is 251 g/mol. The zero-order valence-electron chi connectivity index (χ0n) is 9.46. The van der Waals surface area contributed by atoms with Gasteiger partial charge in [-0.2, -0.15) is 13.2 Å². The second-order valence-corrected chi connectivity index (χ2v) is 5.05. The van der Waals surface area contributed by atoms with Crippen molar-refractivity contribution in [2.75, 3.05) is 13.1 Å². The molecule has 1 aliphatic heterocycles. The van der Waals surface area contributed by atoms with Crippen LogP contribution in [0.1, 0.15) is 32.1 Å². The van der Waals surface area contributed by atoms with E-state index in [1.165, 1.54) is 0 Å². The fourth-order valence-corrected chi connectivity index (χ4v) is 2.93. The van der Waals surface area contributed by atoms with E-state index in [-0.39, 0.29) is 25.4 Å². The Hall–Kier alpha value is -0.780. The largest absolute Gasteiger partial charge is 0.471 e. The molecular formula is C11H16F3NO2. The van der Waals surface area contributed by atoms with Crippen LogP contribution in [0.25, 0.3) is 0 Å². The number of carbonyl (C=O) groups is 1. The minimum atomic E-state index is -4.80. The molecule has 0 aromatic heterocycles. The average molecular weight is 251 g/mol. The number of rotatable bonds is 0. The number of amides is 1. The Kier molecular flexibility index (Phi) is 3.10. The molecule has 17 heavy (non-hydrogen) atoms. The third-order valence-corrected chi connectivity index (χ3v) is 3.96. The highest BCUT2D eigenvalue weighted by Crippen LogP contribution is 2.40. The van der Waals surface area contributed by atoms with Crippen molar-refractivity contribution in [1.29, 1.82) is 0 Å². The summed E-state index contributed by atoms with van der Waals surface area (Å²) in [5.74, 6) is -1.97. The van der Waals surface area contributed by atoms with Crippen molar-refractivity contribution in [3.63, 3.8) is 0 Å². The predicted octanol–water partition coefficient (Wildman–Crippen LogP) is 1.70. The van der Waals surface area contributed by atoms with Crippen molar-refractivity contribution in [2.45, 2.75) is 43.9 Å². The number of hydrogen-bond acceptors (Lipinski definition) is 2. The summed E-state index contributed by atoms with van der Waals surface area (Å²) in [5.41, 5.74) is -0.847. The lowest BCUT2D eigenvalue weighted by molar-refractivity contribution is -0.192. The van der Waals surface area contributed by atoms with Crippen LogP contribution in [0.5, 0.6) is 0 Å². The normalized spacial score (nSPS) is 34.4. The standard InChI is InChI=1S/C11H16F3NO2/c12-11(13,14)9(16)15-6-5-10(17)4-2-1-3-8(10)7-15/h8,17H,1-7H2. The molecule has 1 saturated heterocycles. The summed E-state index contributed by atoms with van der Waals surface area (Å²) in [4.78, 5) is 12.0. The summed E-state index contributed by atoms with van der Waals surface area (Å²) < 4.78 is 36.9. The Balaban J connectivity index is 2.05. The third kappa shape index (κ3) is 2.41. The molecule has 2 atom stereocenters. The fourth-order valence-electron chi connectivity index (χ4n) is 2.93. The number of carbonyl (C=O) groups excluding carboxylic acids is 1. The number of hydrogen-bond donors (Lipinski definition) is 1. The van der Waals surface area contributed by atoms with Crippen molar-refractivity contribution in [1.82, 2.24) is 4.90 Å². The van der Waals surface area contributed by atoms with Crippen LogP contribution >= 0.6 is 0 Å². The molecule has 0 bridgehead atoms. The fraction of sp³-hybridized carbons (Fsp3) is 0.909. The molecule has 1 N–H and O–H groups in total. The predicted molar refractivity (Wildman–Crippen MR) is 54.2 cm³/mol. The van der Waals surface area contributed by atoms with Crippen LogP contribution in [-0.2, 0) is 4.79 Å². The molecule has 2 fully saturated rings. The molecule has 2 rings (SSSR count). The van der Waals surface area contributed by atoms with Crippen molar-refractivity contribution < 1.29 is 23.1 Å². The van der Waals surface area contributed by atoms with Gasteiger partial charge in [-0.15, -0.1) is 0 Å². The van der Waals surface area contributed by atoms with Crippen molar-refractivity contribution in [2.24, 2.45) is 5.92 Å². The maximum absolute atomic E-state index is 12.3. The molecule has 2 aliphatic rings. The quantitative estimate of drug-likeness (QED) is 0.712. The molecule has 0 radical (unpaired) electrons. The number of nitrogens with zero attached hydrogens (tertiary/aromatic N) is 1. The summed E-state index contributed by atoms with van der Waals surface area (Å²) in [7, 11) is 0. The molecule has 0 aromatic rings. The summed E-state index contributed by atoms with van der Waals surface area (Å²) in [5, 5.41) is 10.3. The first kappa shape index (κ1) is 12.7. The van der Waals surface area contributed by atoms with Gasteiger partial charge in [0.25, 0.3) is 0 Å². The molecular weight excluding hydrogens is 235 g/mol. The highest BCUT2D eigenvalue weighted by atomic mass is 19.4. The van der Waals surface area contributed by atoms with Crippen LogP contribution in [0.2, 0.25) is 0 Å². The number of aliphatic hydroxyl groups is 1. The van der Waals surface area contributed by atoms with Crippen LogP contribution in [0.4, 0.5) is 13.2 Å². The van der Waals surface area contributed by atoms with Gasteiger partial charge in [-0.3, -0.25) is 4.79 Å². The van der Waals surface area contributed by atoms with Gasteiger partial charge in [-0.05, 0) is 19.3 Å². The first-order chi connectivity index (χ1) is 7.83. The lowest BCUT2D eigenvalue weighted by atomic mass is 9.71. The zero-order chi connectivity index (χ0) is 12.7. The van der Waals surface area contributed by atoms with Crippen LogP contribution in [-0.4, -0.2) is 40.8 Å². The number of piperidine rings is 1. The molecule has 6 heteroatoms. The van der Waals surface area contributed by atoms with E-state index in [2.05, 4.69) is 0 Å². The minimum absolute atomic E-state index is 0.00530. The van der Waals surface area contributed by atoms with Crippen LogP contribution < -0.4 is 0 Å². The van der Waals surface area contributed by atoms with E-state index in [0.717, 1.165) is 17.7 Å². The Morgan fingerprint density at radius 3 is 2.65 bits per heavy atom. The second-order valence-electron chi connectivity index (χ2n) is 5.05. The van der Waals surface area contributed by atoms with Crippen molar-refractivity contribution >= 4 is 5.91 Å². The van der Waals surface area contributed by atoms with E-state index in [9.17, 15) is 23.1 Å². The number of halogens is 3. The van der Waals surface area contributed by atoms with Crippen molar-refractivity contribution in [3.8, 4) is 0 Å². The van der Waals surface area contributed by atoms with Gasteiger partial charge in [0.05, 0.1) is 5.60 Å². The Bertz CT molecular complexity index is 318. The van der Waals surface area contributed by atoms with Gasteiger partial charge < -0.3 is 10.0 Å². The van der Waals surface area contributed by atoms with Gasteiger partial charge in [0, 0.05) is 19.0 Å². The molecule has 98 valence electrons. The molecule has 1 amide bonds. The molecule has 2 unspecified atom stereocenters. The second kappa shape index (κ2) is 4.15. The summed E-state index contributed by atoms with van der Waals surface area (Å²) in [6.45, 7) is 0.0419. The van der Waals surface area contributed by atoms with Gasteiger partial charge >= 0.3 is 12.1 Å². The first-order valence-electron chi connectivity index (χ1n) is 5.91. The summed E-state index contributed by atoms with van der Waals surface area (Å²) in [6, 6.07) is 0. The highest BCUT2D eigenvalue weighted by molar-refractivity contribution is 5.82. The van der Waals surface area contributed by atoms with Gasteiger partial charge in [0.1, 0.15) is 0 Å². The Morgan fingerprint density at radius 1 is 1.29 bits per heavy atom. The van der Waals surface area contributed by atoms with E-state index in [1.807, 2.05) is 0 Å². The zero-order valence-corrected chi connectivity index (χ0v) is 9.46. The number of fused-ring (bicyclic) bond motifs is 1. The SMILES string of the molecule is O=C(N1CCC2(O)CCCCC2C1)C(F)(F)F. The van der Waals surface area contributed by atoms with Gasteiger partial charge in [-0.1, -0.05) is 12.8 Å². The molecule has 3 nitrogen and oxygen atoms in total. The van der Waals surface area contributed by atoms with Crippen LogP contribution in [0, 0.1) is 5.92 Å². The summed E-state index contributed by atoms with van der Waals surface area (Å²) >= 11 is 0. The Labute approximate surface area is 97.6 Å². The van der Waals surface area contributed by atoms with Crippen LogP contribution in [0.3, 0.4) is 0 Å². The number of alkyl halides is 3. The lowest BCUT2D eigenvalue weighted by Crippen LogP contribution is -2.56. The third-order valence-electron chi connectivity index (χ3n) is 3.96. The van der Waals surface area contributed by atoms with E-state index >= 15 is 0 Å². The lowest BCUT2D eigenvalue weighted by Gasteiger charge is -2.47. The van der Waals surface area contributed by atoms with Gasteiger partial charge in [-0.25, -0.2) is 0 Å². The maximum Gasteiger partial charge on any atom is 0.471 e. The average Bonchev–Trinajstić information content (AvgIpc) is 2.25. The molecule has 1 heterocycles. The molecule has 1 saturated carbocycles. The van der Waals surface area contributed by atoms with E-state index in [4.69, 9.17) is 0 Å². The molecule has 1 aliphatic carbocycles. The van der Waals surface area contributed by atoms with E-state index in [1.54, 1.807) is 0 Å². The van der Waals surface area contributed by atoms with Crippen LogP contribution in [0.15, 0.2) is 0 Å². The van der Waals surface area contributed by atoms with E-state index < -0.39 is 17.7 Å². The topological polar surface area (TPSA) is 40.5 Å². The smallest absolute Gasteiger partial charge is 0.389 e.